The van der Waals surface area contributed by atoms with Crippen LogP contribution in [-0.2, 0) is 17.9 Å². The molecule has 6 heteroatoms. The molecule has 0 radical (unpaired) electrons. The predicted molar refractivity (Wildman–Crippen MR) is 74.1 cm³/mol. The number of hydrogen-bond acceptors (Lipinski definition) is 3. The van der Waals surface area contributed by atoms with E-state index in [4.69, 9.17) is 11.6 Å². The molecule has 1 N–H and O–H groups in total. The van der Waals surface area contributed by atoms with Crippen LogP contribution in [0.15, 0.2) is 23.0 Å². The van der Waals surface area contributed by atoms with Gasteiger partial charge >= 0.3 is 0 Å². The SMILES string of the molecule is O=c1[nH]c(Cc2c(F)cccc2Cl)nc2c1CSC2. The van der Waals surface area contributed by atoms with E-state index >= 15 is 0 Å². The van der Waals surface area contributed by atoms with Gasteiger partial charge in [-0.1, -0.05) is 17.7 Å². The first-order valence-corrected chi connectivity index (χ1v) is 7.30. The maximum absolute atomic E-state index is 13.7. The minimum absolute atomic E-state index is 0.127. The Balaban J connectivity index is 2.01. The summed E-state index contributed by atoms with van der Waals surface area (Å²) >= 11 is 7.63. The summed E-state index contributed by atoms with van der Waals surface area (Å²) in [6, 6.07) is 4.53. The Morgan fingerprint density at radius 1 is 1.42 bits per heavy atom. The quantitative estimate of drug-likeness (QED) is 0.927. The highest BCUT2D eigenvalue weighted by molar-refractivity contribution is 7.98. The fourth-order valence-electron chi connectivity index (χ4n) is 2.07. The number of aromatic amines is 1. The molecule has 19 heavy (non-hydrogen) atoms. The highest BCUT2D eigenvalue weighted by Gasteiger charge is 2.18. The summed E-state index contributed by atoms with van der Waals surface area (Å²) in [6.07, 6.45) is 0.193. The lowest BCUT2D eigenvalue weighted by Gasteiger charge is -2.06. The number of nitrogens with one attached hydrogen (secondary N) is 1. The lowest BCUT2D eigenvalue weighted by Crippen LogP contribution is -2.17. The van der Waals surface area contributed by atoms with Gasteiger partial charge in [0.25, 0.3) is 5.56 Å². The van der Waals surface area contributed by atoms with E-state index in [1.807, 2.05) is 0 Å². The van der Waals surface area contributed by atoms with Crippen LogP contribution in [0.3, 0.4) is 0 Å². The maximum atomic E-state index is 13.7. The lowest BCUT2D eigenvalue weighted by atomic mass is 10.1. The van der Waals surface area contributed by atoms with Gasteiger partial charge < -0.3 is 4.98 Å². The van der Waals surface area contributed by atoms with Crippen LogP contribution in [-0.4, -0.2) is 9.97 Å². The van der Waals surface area contributed by atoms with Crippen molar-refractivity contribution < 1.29 is 4.39 Å². The van der Waals surface area contributed by atoms with E-state index in [0.29, 0.717) is 22.2 Å². The molecule has 1 aromatic heterocycles. The molecule has 0 amide bonds. The molecule has 1 aliphatic heterocycles. The zero-order valence-corrected chi connectivity index (χ0v) is 11.4. The first-order valence-electron chi connectivity index (χ1n) is 5.76. The number of fused-ring (bicyclic) bond motifs is 1. The molecule has 1 aliphatic rings. The number of thioether (sulfide) groups is 1. The summed E-state index contributed by atoms with van der Waals surface area (Å²) in [5.41, 5.74) is 1.76. The molecule has 0 saturated heterocycles. The Hall–Kier alpha value is -1.33. The number of halogens is 2. The second-order valence-corrected chi connectivity index (χ2v) is 5.70. The highest BCUT2D eigenvalue weighted by Crippen LogP contribution is 2.26. The van der Waals surface area contributed by atoms with Gasteiger partial charge in [-0.15, -0.1) is 0 Å². The van der Waals surface area contributed by atoms with Crippen molar-refractivity contribution in [1.29, 1.82) is 0 Å². The van der Waals surface area contributed by atoms with Crippen LogP contribution in [0, 0.1) is 5.82 Å². The molecule has 0 aliphatic carbocycles. The van der Waals surface area contributed by atoms with Crippen molar-refractivity contribution in [2.24, 2.45) is 0 Å². The number of aromatic nitrogens is 2. The third-order valence-electron chi connectivity index (χ3n) is 3.04. The van der Waals surface area contributed by atoms with Gasteiger partial charge in [-0.25, -0.2) is 9.37 Å². The van der Waals surface area contributed by atoms with E-state index in [-0.39, 0.29) is 17.8 Å². The molecular formula is C13H10ClFN2OS. The van der Waals surface area contributed by atoms with Gasteiger partial charge in [-0.05, 0) is 12.1 Å². The zero-order chi connectivity index (χ0) is 13.4. The van der Waals surface area contributed by atoms with Crippen LogP contribution < -0.4 is 5.56 Å². The largest absolute Gasteiger partial charge is 0.310 e. The molecule has 0 bridgehead atoms. The summed E-state index contributed by atoms with van der Waals surface area (Å²) in [7, 11) is 0. The zero-order valence-electron chi connectivity index (χ0n) is 9.87. The smallest absolute Gasteiger partial charge is 0.255 e. The topological polar surface area (TPSA) is 45.8 Å². The molecule has 1 aromatic carbocycles. The van der Waals surface area contributed by atoms with Crippen molar-refractivity contribution in [2.75, 3.05) is 0 Å². The summed E-state index contributed by atoms with van der Waals surface area (Å²) in [5.74, 6) is 1.50. The van der Waals surface area contributed by atoms with Crippen LogP contribution in [0.25, 0.3) is 0 Å². The Labute approximate surface area is 118 Å². The van der Waals surface area contributed by atoms with E-state index in [9.17, 15) is 9.18 Å². The monoisotopic (exact) mass is 296 g/mol. The van der Waals surface area contributed by atoms with E-state index in [0.717, 1.165) is 17.0 Å². The molecule has 98 valence electrons. The summed E-state index contributed by atoms with van der Waals surface area (Å²) in [4.78, 5) is 19.0. The molecule has 0 saturated carbocycles. The Morgan fingerprint density at radius 2 is 2.26 bits per heavy atom. The van der Waals surface area contributed by atoms with Crippen LogP contribution in [0.4, 0.5) is 4.39 Å². The number of benzene rings is 1. The molecular weight excluding hydrogens is 287 g/mol. The van der Waals surface area contributed by atoms with E-state index in [1.54, 1.807) is 23.9 Å². The summed E-state index contributed by atoms with van der Waals surface area (Å²) < 4.78 is 13.7. The first kappa shape index (κ1) is 12.7. The van der Waals surface area contributed by atoms with Crippen LogP contribution in [0.2, 0.25) is 5.02 Å². The normalized spacial score (nSPS) is 13.6. The highest BCUT2D eigenvalue weighted by atomic mass is 35.5. The van der Waals surface area contributed by atoms with Gasteiger partial charge in [0.15, 0.2) is 0 Å². The van der Waals surface area contributed by atoms with Crippen LogP contribution >= 0.6 is 23.4 Å². The second-order valence-electron chi connectivity index (χ2n) is 4.31. The fraction of sp³-hybridized carbons (Fsp3) is 0.231. The molecule has 0 atom stereocenters. The average molecular weight is 297 g/mol. The van der Waals surface area contributed by atoms with Gasteiger partial charge in [0, 0.05) is 34.1 Å². The third kappa shape index (κ3) is 2.40. The van der Waals surface area contributed by atoms with Crippen molar-refractivity contribution in [1.82, 2.24) is 9.97 Å². The van der Waals surface area contributed by atoms with Gasteiger partial charge in [0.1, 0.15) is 11.6 Å². The van der Waals surface area contributed by atoms with E-state index in [1.165, 1.54) is 6.07 Å². The fourth-order valence-corrected chi connectivity index (χ4v) is 3.33. The van der Waals surface area contributed by atoms with Gasteiger partial charge in [-0.3, -0.25) is 4.79 Å². The van der Waals surface area contributed by atoms with Crippen LogP contribution in [0.1, 0.15) is 22.6 Å². The van der Waals surface area contributed by atoms with E-state index in [2.05, 4.69) is 9.97 Å². The molecule has 2 heterocycles. The summed E-state index contributed by atoms with van der Waals surface area (Å²) in [6.45, 7) is 0. The average Bonchev–Trinajstić information content (AvgIpc) is 2.83. The van der Waals surface area contributed by atoms with Gasteiger partial charge in [-0.2, -0.15) is 11.8 Å². The minimum atomic E-state index is -0.384. The molecule has 0 fully saturated rings. The molecule has 3 rings (SSSR count). The van der Waals surface area contributed by atoms with Crippen LogP contribution in [0.5, 0.6) is 0 Å². The Kier molecular flexibility index (Phi) is 3.33. The molecule has 2 aromatic rings. The number of H-pyrrole nitrogens is 1. The third-order valence-corrected chi connectivity index (χ3v) is 4.37. The molecule has 3 nitrogen and oxygen atoms in total. The second kappa shape index (κ2) is 4.98. The number of nitrogens with zero attached hydrogens (tertiary/aromatic N) is 1. The first-order chi connectivity index (χ1) is 9.15. The Bertz CT molecular complexity index is 681. The summed E-state index contributed by atoms with van der Waals surface area (Å²) in [5, 5.41) is 0.345. The molecule has 0 unspecified atom stereocenters. The number of hydrogen-bond donors (Lipinski definition) is 1. The minimum Gasteiger partial charge on any atom is -0.310 e. The standard InChI is InChI=1S/C13H10ClFN2OS/c14-9-2-1-3-10(15)7(9)4-12-16-11-6-19-5-8(11)13(18)17-12/h1-3H,4-6H2,(H,16,17,18). The molecule has 0 spiro atoms. The Morgan fingerprint density at radius 3 is 3.05 bits per heavy atom. The van der Waals surface area contributed by atoms with Crippen molar-refractivity contribution in [3.05, 3.63) is 62.0 Å². The lowest BCUT2D eigenvalue weighted by molar-refractivity contribution is 0.612. The van der Waals surface area contributed by atoms with Crippen molar-refractivity contribution in [3.63, 3.8) is 0 Å². The maximum Gasteiger partial charge on any atom is 0.255 e. The van der Waals surface area contributed by atoms with Crippen molar-refractivity contribution >= 4 is 23.4 Å². The van der Waals surface area contributed by atoms with E-state index < -0.39 is 0 Å². The van der Waals surface area contributed by atoms with Gasteiger partial charge in [0.05, 0.1) is 5.69 Å². The predicted octanol–water partition coefficient (Wildman–Crippen LogP) is 2.90. The number of rotatable bonds is 2. The van der Waals surface area contributed by atoms with Crippen molar-refractivity contribution in [3.8, 4) is 0 Å². The van der Waals surface area contributed by atoms with Crippen molar-refractivity contribution in [2.45, 2.75) is 17.9 Å². The van der Waals surface area contributed by atoms with Gasteiger partial charge in [0.2, 0.25) is 0 Å².